The van der Waals surface area contributed by atoms with Gasteiger partial charge in [-0.05, 0) is 30.9 Å². The molecular weight excluding hydrogens is 296 g/mol. The Hall–Kier alpha value is -2.21. The van der Waals surface area contributed by atoms with Crippen LogP contribution >= 0.6 is 11.3 Å². The average molecular weight is 312 g/mol. The van der Waals surface area contributed by atoms with Crippen molar-refractivity contribution in [3.8, 4) is 0 Å². The molecule has 1 aliphatic rings. The minimum absolute atomic E-state index is 0.112. The fourth-order valence-corrected chi connectivity index (χ4v) is 3.79. The SMILES string of the molecule is Cc1csc(C(=O)N2CCc3c(cnc4cc(C)nn34)C2)c1. The number of thiophene rings is 1. The van der Waals surface area contributed by atoms with E-state index in [2.05, 4.69) is 10.1 Å². The van der Waals surface area contributed by atoms with Gasteiger partial charge >= 0.3 is 0 Å². The zero-order valence-corrected chi connectivity index (χ0v) is 13.4. The summed E-state index contributed by atoms with van der Waals surface area (Å²) < 4.78 is 1.92. The Bertz CT molecular complexity index is 880. The lowest BCUT2D eigenvalue weighted by Crippen LogP contribution is -2.36. The molecule has 0 unspecified atom stereocenters. The van der Waals surface area contributed by atoms with Crippen LogP contribution in [-0.2, 0) is 13.0 Å². The number of hydrogen-bond acceptors (Lipinski definition) is 4. The van der Waals surface area contributed by atoms with E-state index >= 15 is 0 Å². The molecule has 1 amide bonds. The zero-order valence-electron chi connectivity index (χ0n) is 12.5. The molecule has 0 fully saturated rings. The minimum Gasteiger partial charge on any atom is -0.333 e. The fourth-order valence-electron chi connectivity index (χ4n) is 2.93. The topological polar surface area (TPSA) is 50.5 Å². The number of aromatic nitrogens is 3. The summed E-state index contributed by atoms with van der Waals surface area (Å²) in [7, 11) is 0. The van der Waals surface area contributed by atoms with Crippen molar-refractivity contribution in [2.45, 2.75) is 26.8 Å². The molecule has 0 spiro atoms. The Morgan fingerprint density at radius 2 is 2.18 bits per heavy atom. The number of hydrogen-bond donors (Lipinski definition) is 0. The van der Waals surface area contributed by atoms with Crippen LogP contribution in [-0.4, -0.2) is 31.9 Å². The van der Waals surface area contributed by atoms with Gasteiger partial charge in [0.25, 0.3) is 5.91 Å². The molecule has 0 saturated carbocycles. The molecule has 0 bridgehead atoms. The standard InChI is InChI=1S/C16H16N4OS/c1-10-5-14(22-9-10)16(21)19-4-3-13-12(8-19)7-17-15-6-11(2)18-20(13)15/h5-7,9H,3-4,8H2,1-2H3. The van der Waals surface area contributed by atoms with E-state index in [0.29, 0.717) is 6.54 Å². The number of aryl methyl sites for hydroxylation is 2. The largest absolute Gasteiger partial charge is 0.333 e. The Kier molecular flexibility index (Phi) is 3.00. The maximum atomic E-state index is 12.6. The molecule has 22 heavy (non-hydrogen) atoms. The maximum Gasteiger partial charge on any atom is 0.264 e. The lowest BCUT2D eigenvalue weighted by Gasteiger charge is -2.28. The Morgan fingerprint density at radius 3 is 2.95 bits per heavy atom. The van der Waals surface area contributed by atoms with Crippen molar-refractivity contribution in [1.29, 1.82) is 0 Å². The molecule has 112 valence electrons. The molecule has 0 saturated heterocycles. The molecule has 0 N–H and O–H groups in total. The fraction of sp³-hybridized carbons (Fsp3) is 0.312. The maximum absolute atomic E-state index is 12.6. The highest BCUT2D eigenvalue weighted by Gasteiger charge is 2.25. The molecule has 3 aromatic heterocycles. The van der Waals surface area contributed by atoms with Crippen molar-refractivity contribution >= 4 is 22.9 Å². The zero-order chi connectivity index (χ0) is 15.3. The highest BCUT2D eigenvalue weighted by Crippen LogP contribution is 2.23. The van der Waals surface area contributed by atoms with Crippen molar-refractivity contribution in [2.24, 2.45) is 0 Å². The van der Waals surface area contributed by atoms with E-state index in [-0.39, 0.29) is 5.91 Å². The van der Waals surface area contributed by atoms with Gasteiger partial charge in [0.15, 0.2) is 5.65 Å². The summed E-state index contributed by atoms with van der Waals surface area (Å²) in [4.78, 5) is 19.7. The van der Waals surface area contributed by atoms with Crippen molar-refractivity contribution in [2.75, 3.05) is 6.54 Å². The van der Waals surface area contributed by atoms with E-state index in [1.807, 2.05) is 47.0 Å². The average Bonchev–Trinajstić information content (AvgIpc) is 3.11. The summed E-state index contributed by atoms with van der Waals surface area (Å²) in [5, 5.41) is 6.53. The predicted octanol–water partition coefficient (Wildman–Crippen LogP) is 2.61. The first-order chi connectivity index (χ1) is 10.6. The van der Waals surface area contributed by atoms with Crippen molar-refractivity contribution < 1.29 is 4.79 Å². The van der Waals surface area contributed by atoms with Crippen molar-refractivity contribution in [3.05, 3.63) is 51.1 Å². The van der Waals surface area contributed by atoms with Gasteiger partial charge in [-0.1, -0.05) is 0 Å². The van der Waals surface area contributed by atoms with Gasteiger partial charge in [0.2, 0.25) is 0 Å². The van der Waals surface area contributed by atoms with Crippen LogP contribution in [0, 0.1) is 13.8 Å². The molecule has 5 nitrogen and oxygen atoms in total. The third kappa shape index (κ3) is 2.11. The monoisotopic (exact) mass is 312 g/mol. The summed E-state index contributed by atoms with van der Waals surface area (Å²) >= 11 is 1.51. The lowest BCUT2D eigenvalue weighted by atomic mass is 10.1. The number of carbonyl (C=O) groups is 1. The molecule has 4 heterocycles. The Labute approximate surface area is 132 Å². The smallest absolute Gasteiger partial charge is 0.264 e. The molecule has 6 heteroatoms. The van der Waals surface area contributed by atoms with Crippen LogP contribution in [0.2, 0.25) is 0 Å². The summed E-state index contributed by atoms with van der Waals surface area (Å²) in [6, 6.07) is 3.94. The number of amides is 1. The third-order valence-corrected chi connectivity index (χ3v) is 5.04. The number of rotatable bonds is 1. The van der Waals surface area contributed by atoms with E-state index in [1.165, 1.54) is 17.0 Å². The Morgan fingerprint density at radius 1 is 1.32 bits per heavy atom. The summed E-state index contributed by atoms with van der Waals surface area (Å²) in [5.74, 6) is 0.112. The van der Waals surface area contributed by atoms with E-state index in [1.54, 1.807) is 0 Å². The minimum atomic E-state index is 0.112. The van der Waals surface area contributed by atoms with Gasteiger partial charge in [0.05, 0.1) is 16.3 Å². The molecule has 1 aliphatic heterocycles. The second-order valence-corrected chi connectivity index (χ2v) is 6.66. The van der Waals surface area contributed by atoms with E-state index in [9.17, 15) is 4.79 Å². The van der Waals surface area contributed by atoms with Gasteiger partial charge in [0.1, 0.15) is 0 Å². The molecule has 0 radical (unpaired) electrons. The van der Waals surface area contributed by atoms with Crippen LogP contribution in [0.3, 0.4) is 0 Å². The van der Waals surface area contributed by atoms with Gasteiger partial charge in [-0.25, -0.2) is 9.50 Å². The van der Waals surface area contributed by atoms with Crippen LogP contribution in [0.1, 0.15) is 32.2 Å². The quantitative estimate of drug-likeness (QED) is 0.694. The molecular formula is C16H16N4OS. The highest BCUT2D eigenvalue weighted by atomic mass is 32.1. The van der Waals surface area contributed by atoms with E-state index in [4.69, 9.17) is 0 Å². The third-order valence-electron chi connectivity index (χ3n) is 4.00. The van der Waals surface area contributed by atoms with Crippen molar-refractivity contribution in [1.82, 2.24) is 19.5 Å². The van der Waals surface area contributed by atoms with E-state index in [0.717, 1.165) is 40.3 Å². The van der Waals surface area contributed by atoms with Gasteiger partial charge in [-0.15, -0.1) is 11.3 Å². The van der Waals surface area contributed by atoms with Crippen LogP contribution in [0.15, 0.2) is 23.7 Å². The van der Waals surface area contributed by atoms with Gasteiger partial charge in [0, 0.05) is 37.3 Å². The number of fused-ring (bicyclic) bond motifs is 3. The second kappa shape index (κ2) is 4.91. The Balaban J connectivity index is 1.67. The van der Waals surface area contributed by atoms with E-state index < -0.39 is 0 Å². The van der Waals surface area contributed by atoms with Crippen LogP contribution in [0.4, 0.5) is 0 Å². The van der Waals surface area contributed by atoms with Gasteiger partial charge in [-0.3, -0.25) is 4.79 Å². The van der Waals surface area contributed by atoms with Crippen LogP contribution in [0.5, 0.6) is 0 Å². The van der Waals surface area contributed by atoms with Crippen LogP contribution < -0.4 is 0 Å². The van der Waals surface area contributed by atoms with Crippen LogP contribution in [0.25, 0.3) is 5.65 Å². The summed E-state index contributed by atoms with van der Waals surface area (Å²) in [5.41, 5.74) is 5.24. The molecule has 4 rings (SSSR count). The number of nitrogens with zero attached hydrogens (tertiary/aromatic N) is 4. The second-order valence-electron chi connectivity index (χ2n) is 5.75. The molecule has 0 atom stereocenters. The first-order valence-corrected chi connectivity index (χ1v) is 8.17. The van der Waals surface area contributed by atoms with Crippen molar-refractivity contribution in [3.63, 3.8) is 0 Å². The lowest BCUT2D eigenvalue weighted by molar-refractivity contribution is 0.0737. The molecule has 3 aromatic rings. The molecule has 0 aliphatic carbocycles. The number of carbonyl (C=O) groups excluding carboxylic acids is 1. The molecule has 0 aromatic carbocycles. The van der Waals surface area contributed by atoms with Gasteiger partial charge in [-0.2, -0.15) is 5.10 Å². The van der Waals surface area contributed by atoms with Gasteiger partial charge < -0.3 is 4.90 Å². The summed E-state index contributed by atoms with van der Waals surface area (Å²) in [6.07, 6.45) is 2.69. The highest BCUT2D eigenvalue weighted by molar-refractivity contribution is 7.12. The predicted molar refractivity (Wildman–Crippen MR) is 85.2 cm³/mol. The summed E-state index contributed by atoms with van der Waals surface area (Å²) in [6.45, 7) is 5.31. The first kappa shape index (κ1) is 13.5. The first-order valence-electron chi connectivity index (χ1n) is 7.29. The normalized spacial score (nSPS) is 14.4.